The summed E-state index contributed by atoms with van der Waals surface area (Å²) >= 11 is 0. The second-order valence-electron chi connectivity index (χ2n) is 1.23. The van der Waals surface area contributed by atoms with Gasteiger partial charge in [-0.3, -0.25) is 0 Å². The summed E-state index contributed by atoms with van der Waals surface area (Å²) in [7, 11) is 0. The summed E-state index contributed by atoms with van der Waals surface area (Å²) in [6.07, 6.45) is -2.35. The lowest BCUT2D eigenvalue weighted by Crippen LogP contribution is -2.40. The zero-order valence-electron chi connectivity index (χ0n) is 4.93. The zero-order chi connectivity index (χ0) is 9.61. The molecule has 0 heterocycles. The molecule has 0 atom stereocenters. The van der Waals surface area contributed by atoms with Gasteiger partial charge < -0.3 is 0 Å². The molecule has 0 amide bonds. The second kappa shape index (κ2) is 5.16. The minimum Gasteiger partial charge on any atom is -0.139 e. The van der Waals surface area contributed by atoms with E-state index in [4.69, 9.17) is 0 Å². The molecule has 0 aliphatic heterocycles. The highest BCUT2D eigenvalue weighted by Crippen LogP contribution is 2.31. The Morgan fingerprint density at radius 2 is 1.08 bits per heavy atom. The molecule has 10 heteroatoms. The van der Waals surface area contributed by atoms with Gasteiger partial charge in [-0.2, -0.15) is 0 Å². The van der Waals surface area contributed by atoms with Crippen molar-refractivity contribution in [2.75, 3.05) is 0 Å². The minimum absolute atomic E-state index is 2.22. The third kappa shape index (κ3) is 1.98. The van der Waals surface area contributed by atoms with Crippen molar-refractivity contribution in [2.45, 2.75) is 5.97 Å². The summed E-state index contributed by atoms with van der Waals surface area (Å²) in [4.78, 5) is 11.2. The molecule has 5 nitrogen and oxygen atoms in total. The van der Waals surface area contributed by atoms with Crippen LogP contribution in [0.4, 0.5) is 22.6 Å². The normalized spacial score (nSPS) is 12.5. The van der Waals surface area contributed by atoms with Crippen LogP contribution < -0.4 is 0 Å². The Morgan fingerprint density at radius 3 is 1.17 bits per heavy atom. The van der Waals surface area contributed by atoms with E-state index in [9.17, 15) is 22.6 Å². The first-order valence-corrected chi connectivity index (χ1v) is 2.04. The lowest BCUT2D eigenvalue weighted by Gasteiger charge is -2.18. The molecule has 0 N–H and O–H groups in total. The summed E-state index contributed by atoms with van der Waals surface area (Å²) in [5, 5.41) is 0. The predicted molar refractivity (Wildman–Crippen MR) is 16.9 cm³/mol. The number of hydrogen-bond donors (Lipinski definition) is 0. The molecule has 0 aromatic carbocycles. The summed E-state index contributed by atoms with van der Waals surface area (Å²) in [6, 6.07) is 0. The molecule has 73 valence electrons. The van der Waals surface area contributed by atoms with Gasteiger partial charge in [-0.15, -0.1) is 24.7 Å². The fourth-order valence-corrected chi connectivity index (χ4v) is 0.237. The van der Waals surface area contributed by atoms with E-state index in [1.165, 1.54) is 0 Å². The molecule has 0 aromatic rings. The molecule has 0 spiro atoms. The molecule has 0 bridgehead atoms. The average molecular weight is 199 g/mol. The van der Waals surface area contributed by atoms with Crippen LogP contribution in [-0.2, 0) is 24.7 Å². The second-order valence-corrected chi connectivity index (χ2v) is 1.23. The van der Waals surface area contributed by atoms with Crippen molar-refractivity contribution in [3.05, 3.63) is 6.29 Å². The zero-order valence-corrected chi connectivity index (χ0v) is 4.93. The first-order chi connectivity index (χ1) is 5.70. The van der Waals surface area contributed by atoms with Crippen LogP contribution in [-0.4, -0.2) is 5.97 Å². The topological polar surface area (TPSA) is 46.2 Å². The van der Waals surface area contributed by atoms with Gasteiger partial charge >= 0.3 is 12.3 Å². The standard InChI is InChI=1S/C2F5O5/c3-8-1(9-4)2(10-5,11-6)12-7. The number of hydrogen-bond acceptors (Lipinski definition) is 5. The molecule has 0 aliphatic rings. The Bertz CT molecular complexity index is 106. The van der Waals surface area contributed by atoms with E-state index >= 15 is 0 Å². The lowest BCUT2D eigenvalue weighted by atomic mass is 10.5. The van der Waals surface area contributed by atoms with Gasteiger partial charge in [0.25, 0.3) is 0 Å². The summed E-state index contributed by atoms with van der Waals surface area (Å²) < 4.78 is 55.7. The van der Waals surface area contributed by atoms with Crippen LogP contribution in [0.1, 0.15) is 0 Å². The van der Waals surface area contributed by atoms with E-state index < -0.39 is 12.3 Å². The van der Waals surface area contributed by atoms with Gasteiger partial charge in [0, 0.05) is 0 Å². The van der Waals surface area contributed by atoms with Gasteiger partial charge in [0.15, 0.2) is 0 Å². The van der Waals surface area contributed by atoms with Crippen LogP contribution in [0.25, 0.3) is 0 Å². The van der Waals surface area contributed by atoms with Crippen molar-refractivity contribution in [1.82, 2.24) is 0 Å². The van der Waals surface area contributed by atoms with E-state index in [0.717, 1.165) is 0 Å². The Hall–Kier alpha value is -0.550. The fourth-order valence-electron chi connectivity index (χ4n) is 0.237. The first kappa shape index (κ1) is 11.4. The quantitative estimate of drug-likeness (QED) is 0.480. The van der Waals surface area contributed by atoms with Crippen LogP contribution in [0.3, 0.4) is 0 Å². The van der Waals surface area contributed by atoms with E-state index in [2.05, 4.69) is 24.7 Å². The Balaban J connectivity index is 4.42. The van der Waals surface area contributed by atoms with Crippen LogP contribution in [0, 0.1) is 6.29 Å². The molecular formula is C2F5O5. The molecule has 0 aromatic heterocycles. The van der Waals surface area contributed by atoms with E-state index in [1.54, 1.807) is 0 Å². The molecule has 0 aliphatic carbocycles. The maximum atomic E-state index is 11.2. The summed E-state index contributed by atoms with van der Waals surface area (Å²) in [5.41, 5.74) is 0. The molecule has 0 unspecified atom stereocenters. The highest BCUT2D eigenvalue weighted by Gasteiger charge is 2.55. The van der Waals surface area contributed by atoms with Gasteiger partial charge in [-0.25, -0.2) is 0 Å². The highest BCUT2D eigenvalue weighted by molar-refractivity contribution is 4.74. The largest absolute Gasteiger partial charge is 0.445 e. The maximum absolute atomic E-state index is 11.2. The average Bonchev–Trinajstić information content (AvgIpc) is 2.14. The SMILES string of the molecule is FO[C](OF)C(OF)(OF)OF. The van der Waals surface area contributed by atoms with Crippen LogP contribution in [0.15, 0.2) is 0 Å². The first-order valence-electron chi connectivity index (χ1n) is 2.04. The molecule has 0 rings (SSSR count). The van der Waals surface area contributed by atoms with Gasteiger partial charge in [0.1, 0.15) is 0 Å². The highest BCUT2D eigenvalue weighted by atomic mass is 19.3. The van der Waals surface area contributed by atoms with Gasteiger partial charge in [-0.05, 0) is 22.6 Å². The molecule has 0 fully saturated rings. The van der Waals surface area contributed by atoms with Gasteiger partial charge in [-0.1, -0.05) is 0 Å². The monoisotopic (exact) mass is 199 g/mol. The molecule has 12 heavy (non-hydrogen) atoms. The van der Waals surface area contributed by atoms with Crippen molar-refractivity contribution < 1.29 is 47.3 Å². The third-order valence-corrected chi connectivity index (χ3v) is 0.695. The molecule has 0 saturated heterocycles. The van der Waals surface area contributed by atoms with Crippen molar-refractivity contribution in [3.63, 3.8) is 0 Å². The third-order valence-electron chi connectivity index (χ3n) is 0.695. The Morgan fingerprint density at radius 1 is 0.750 bits per heavy atom. The lowest BCUT2D eigenvalue weighted by molar-refractivity contribution is -0.578. The minimum atomic E-state index is -4.14. The number of halogens is 5. The van der Waals surface area contributed by atoms with Gasteiger partial charge in [0.2, 0.25) is 0 Å². The van der Waals surface area contributed by atoms with E-state index in [-0.39, 0.29) is 0 Å². The van der Waals surface area contributed by atoms with Crippen molar-refractivity contribution in [2.24, 2.45) is 0 Å². The Labute approximate surface area is 61.0 Å². The molecule has 0 saturated carbocycles. The Kier molecular flexibility index (Phi) is 4.92. The van der Waals surface area contributed by atoms with Crippen molar-refractivity contribution >= 4 is 0 Å². The van der Waals surface area contributed by atoms with Crippen molar-refractivity contribution in [3.8, 4) is 0 Å². The van der Waals surface area contributed by atoms with E-state index in [0.29, 0.717) is 0 Å². The predicted octanol–water partition coefficient (Wildman–Crippen LogP) is 1.64. The van der Waals surface area contributed by atoms with Crippen LogP contribution in [0.5, 0.6) is 0 Å². The van der Waals surface area contributed by atoms with Crippen molar-refractivity contribution in [1.29, 1.82) is 0 Å². The van der Waals surface area contributed by atoms with E-state index in [1.807, 2.05) is 0 Å². The molecular weight excluding hydrogens is 199 g/mol. The summed E-state index contributed by atoms with van der Waals surface area (Å²) in [5.74, 6) is -4.14. The molecule has 1 radical (unpaired) electrons. The van der Waals surface area contributed by atoms with Gasteiger partial charge in [0.05, 0.1) is 0 Å². The van der Waals surface area contributed by atoms with Crippen LogP contribution >= 0.6 is 0 Å². The number of rotatable bonds is 6. The maximum Gasteiger partial charge on any atom is 0.445 e. The smallest absolute Gasteiger partial charge is 0.139 e. The van der Waals surface area contributed by atoms with Crippen LogP contribution in [0.2, 0.25) is 0 Å². The fraction of sp³-hybridized carbons (Fsp3) is 0.500. The summed E-state index contributed by atoms with van der Waals surface area (Å²) in [6.45, 7) is 0.